The Bertz CT molecular complexity index is 1400. The largest absolute Gasteiger partial charge is 0.573 e. The maximum Gasteiger partial charge on any atom is 0.573 e. The highest BCUT2D eigenvalue weighted by atomic mass is 19.4. The summed E-state index contributed by atoms with van der Waals surface area (Å²) in [6, 6.07) is 9.67. The quantitative estimate of drug-likeness (QED) is 0.304. The molecule has 1 aliphatic rings. The zero-order valence-electron chi connectivity index (χ0n) is 21.3. The van der Waals surface area contributed by atoms with E-state index in [4.69, 9.17) is 0 Å². The number of pyridine rings is 1. The van der Waals surface area contributed by atoms with Crippen LogP contribution in [0.5, 0.6) is 5.75 Å². The average molecular weight is 591 g/mol. The highest BCUT2D eigenvalue weighted by Gasteiger charge is 2.45. The zero-order chi connectivity index (χ0) is 30.4. The van der Waals surface area contributed by atoms with Crippen LogP contribution >= 0.6 is 0 Å². The Morgan fingerprint density at radius 2 is 1.44 bits per heavy atom. The summed E-state index contributed by atoms with van der Waals surface area (Å²) in [6.07, 6.45) is -14.5. The normalized spacial score (nSPS) is 18.6. The minimum atomic E-state index is -4.97. The van der Waals surface area contributed by atoms with Crippen molar-refractivity contribution in [3.8, 4) is 5.75 Å². The molecular formula is C27H22F9N3O2. The lowest BCUT2D eigenvalue weighted by Gasteiger charge is -2.29. The molecule has 14 heteroatoms. The molecule has 1 aliphatic heterocycles. The van der Waals surface area contributed by atoms with E-state index in [-0.39, 0.29) is 23.4 Å². The van der Waals surface area contributed by atoms with E-state index in [1.54, 1.807) is 0 Å². The van der Waals surface area contributed by atoms with Gasteiger partial charge in [0, 0.05) is 5.69 Å². The van der Waals surface area contributed by atoms with Gasteiger partial charge in [-0.15, -0.1) is 13.2 Å². The molecule has 1 saturated heterocycles. The molecule has 0 bridgehead atoms. The summed E-state index contributed by atoms with van der Waals surface area (Å²) in [5.41, 5.74) is -3.29. The van der Waals surface area contributed by atoms with Gasteiger partial charge in [-0.25, -0.2) is 4.98 Å². The van der Waals surface area contributed by atoms with Crippen LogP contribution in [0.15, 0.2) is 66.7 Å². The molecule has 1 amide bonds. The summed E-state index contributed by atoms with van der Waals surface area (Å²) in [4.78, 5) is 18.5. The number of carbonyl (C=O) groups is 1. The maximum absolute atomic E-state index is 13.7. The van der Waals surface area contributed by atoms with Crippen LogP contribution in [0, 0.1) is 0 Å². The van der Waals surface area contributed by atoms with Gasteiger partial charge in [0.05, 0.1) is 28.9 Å². The van der Waals surface area contributed by atoms with Crippen molar-refractivity contribution >= 4 is 11.6 Å². The number of rotatable bonds is 6. The Hall–Kier alpha value is -3.81. The van der Waals surface area contributed by atoms with E-state index in [0.29, 0.717) is 0 Å². The van der Waals surface area contributed by atoms with Gasteiger partial charge in [0.25, 0.3) is 0 Å². The van der Waals surface area contributed by atoms with Gasteiger partial charge in [0.15, 0.2) is 0 Å². The lowest BCUT2D eigenvalue weighted by Crippen LogP contribution is -2.48. The first-order chi connectivity index (χ1) is 18.8. The number of benzene rings is 2. The fourth-order valence-electron chi connectivity index (χ4n) is 4.64. The molecule has 1 aromatic heterocycles. The van der Waals surface area contributed by atoms with E-state index in [0.717, 1.165) is 53.4 Å². The van der Waals surface area contributed by atoms with Gasteiger partial charge in [-0.2, -0.15) is 26.3 Å². The van der Waals surface area contributed by atoms with Gasteiger partial charge in [0.2, 0.25) is 5.91 Å². The number of hydrogen-bond donors (Lipinski definition) is 1. The van der Waals surface area contributed by atoms with E-state index in [9.17, 15) is 44.3 Å². The number of aromatic nitrogens is 1. The van der Waals surface area contributed by atoms with Gasteiger partial charge in [-0.1, -0.05) is 18.2 Å². The van der Waals surface area contributed by atoms with E-state index in [2.05, 4.69) is 15.0 Å². The van der Waals surface area contributed by atoms with E-state index >= 15 is 0 Å². The van der Waals surface area contributed by atoms with Gasteiger partial charge >= 0.3 is 18.7 Å². The monoisotopic (exact) mass is 591 g/mol. The number of amides is 1. The van der Waals surface area contributed by atoms with Gasteiger partial charge in [0.1, 0.15) is 11.4 Å². The Morgan fingerprint density at radius 1 is 0.829 bits per heavy atom. The number of carbonyl (C=O) groups excluding carboxylic acids is 1. The smallest absolute Gasteiger partial charge is 0.406 e. The third-order valence-corrected chi connectivity index (χ3v) is 6.47. The lowest BCUT2D eigenvalue weighted by atomic mass is 9.96. The molecule has 1 unspecified atom stereocenters. The molecule has 220 valence electrons. The second-order valence-electron chi connectivity index (χ2n) is 9.85. The van der Waals surface area contributed by atoms with Crippen molar-refractivity contribution in [2.75, 3.05) is 4.90 Å². The molecule has 2 heterocycles. The molecule has 0 aliphatic carbocycles. The number of halogens is 9. The lowest BCUT2D eigenvalue weighted by molar-refractivity contribution is -0.274. The van der Waals surface area contributed by atoms with Crippen molar-refractivity contribution in [1.82, 2.24) is 10.3 Å². The van der Waals surface area contributed by atoms with Crippen LogP contribution in [0.1, 0.15) is 48.8 Å². The fourth-order valence-corrected chi connectivity index (χ4v) is 4.64. The van der Waals surface area contributed by atoms with Gasteiger partial charge in [-0.3, -0.25) is 10.1 Å². The van der Waals surface area contributed by atoms with Crippen LogP contribution in [0.2, 0.25) is 0 Å². The molecule has 2 aromatic carbocycles. The molecule has 41 heavy (non-hydrogen) atoms. The Morgan fingerprint density at radius 3 is 2.02 bits per heavy atom. The topological polar surface area (TPSA) is 54.5 Å². The maximum atomic E-state index is 13.7. The number of hydrogen-bond acceptors (Lipinski definition) is 4. The summed E-state index contributed by atoms with van der Waals surface area (Å²) in [5.74, 6) is -1.23. The summed E-state index contributed by atoms with van der Waals surface area (Å²) in [5, 5.41) is 2.97. The number of nitrogens with zero attached hydrogens (tertiary/aromatic N) is 2. The van der Waals surface area contributed by atoms with E-state index < -0.39 is 59.3 Å². The van der Waals surface area contributed by atoms with E-state index in [1.807, 2.05) is 0 Å². The highest BCUT2D eigenvalue weighted by Crippen LogP contribution is 2.41. The predicted octanol–water partition coefficient (Wildman–Crippen LogP) is 7.39. The van der Waals surface area contributed by atoms with Crippen LogP contribution in [-0.4, -0.2) is 23.3 Å². The highest BCUT2D eigenvalue weighted by molar-refractivity contribution is 6.00. The molecule has 5 nitrogen and oxygen atoms in total. The molecule has 0 spiro atoms. The number of anilines is 1. The SMILES string of the molecule is CC(C)(NC1C[C@H](c2cccc(C(F)(F)F)c2)N(c2ccc(OC(F)(F)F)cc2)C1=O)c1cccc(C(F)(F)F)n1. The molecule has 4 rings (SSSR count). The van der Waals surface area contributed by atoms with Crippen molar-refractivity contribution in [2.24, 2.45) is 0 Å². The predicted molar refractivity (Wildman–Crippen MR) is 129 cm³/mol. The van der Waals surface area contributed by atoms with Crippen molar-refractivity contribution < 1.29 is 49.0 Å². The van der Waals surface area contributed by atoms with E-state index in [1.165, 1.54) is 32.0 Å². The molecule has 0 radical (unpaired) electrons. The minimum absolute atomic E-state index is 0.0390. The Balaban J connectivity index is 1.70. The number of nitrogens with one attached hydrogen (secondary N) is 1. The van der Waals surface area contributed by atoms with Crippen molar-refractivity contribution in [2.45, 2.75) is 56.6 Å². The van der Waals surface area contributed by atoms with Crippen LogP contribution in [0.3, 0.4) is 0 Å². The summed E-state index contributed by atoms with van der Waals surface area (Å²) in [7, 11) is 0. The van der Waals surface area contributed by atoms with Crippen LogP contribution in [0.4, 0.5) is 45.2 Å². The Kier molecular flexibility index (Phi) is 7.76. The summed E-state index contributed by atoms with van der Waals surface area (Å²) < 4.78 is 122. The van der Waals surface area contributed by atoms with Crippen molar-refractivity contribution in [3.63, 3.8) is 0 Å². The standard InChI is InChI=1S/C27H22F9N3O2/c1-24(2,21-7-4-8-22(37-21)26(31,32)33)38-19-14-20(15-5-3-6-16(13-15)25(28,29)30)39(23(19)40)17-9-11-18(12-10-17)41-27(34,35)36/h3-13,19-20,38H,14H2,1-2H3/t19?,20-/m1/s1. The van der Waals surface area contributed by atoms with Crippen molar-refractivity contribution in [1.29, 1.82) is 0 Å². The Labute approximate surface area is 227 Å². The first-order valence-corrected chi connectivity index (χ1v) is 12.0. The third-order valence-electron chi connectivity index (χ3n) is 6.47. The molecule has 1 fully saturated rings. The molecule has 0 saturated carbocycles. The molecule has 3 aromatic rings. The van der Waals surface area contributed by atoms with Crippen LogP contribution in [-0.2, 0) is 22.7 Å². The average Bonchev–Trinajstić information content (AvgIpc) is 3.18. The third kappa shape index (κ3) is 6.92. The van der Waals surface area contributed by atoms with Gasteiger partial charge < -0.3 is 9.64 Å². The van der Waals surface area contributed by atoms with Crippen LogP contribution < -0.4 is 15.0 Å². The number of alkyl halides is 9. The first kappa shape index (κ1) is 30.2. The summed E-state index contributed by atoms with van der Waals surface area (Å²) in [6.45, 7) is 2.99. The number of ether oxygens (including phenoxy) is 1. The minimum Gasteiger partial charge on any atom is -0.406 e. The first-order valence-electron chi connectivity index (χ1n) is 12.0. The second-order valence-corrected chi connectivity index (χ2v) is 9.85. The molecular weight excluding hydrogens is 569 g/mol. The van der Waals surface area contributed by atoms with Crippen LogP contribution in [0.25, 0.3) is 0 Å². The van der Waals surface area contributed by atoms with Gasteiger partial charge in [-0.05, 0) is 74.4 Å². The molecule has 1 N–H and O–H groups in total. The van der Waals surface area contributed by atoms with Crippen molar-refractivity contribution in [3.05, 3.63) is 89.2 Å². The zero-order valence-corrected chi connectivity index (χ0v) is 21.3. The molecule has 2 atom stereocenters. The fraction of sp³-hybridized carbons (Fsp3) is 0.333. The second kappa shape index (κ2) is 10.5. The summed E-state index contributed by atoms with van der Waals surface area (Å²) >= 11 is 0.